The van der Waals surface area contributed by atoms with Crippen LogP contribution in [0.5, 0.6) is 5.88 Å². The van der Waals surface area contributed by atoms with E-state index in [0.29, 0.717) is 29.8 Å². The van der Waals surface area contributed by atoms with Crippen molar-refractivity contribution in [3.8, 4) is 34.5 Å². The van der Waals surface area contributed by atoms with Crippen molar-refractivity contribution in [3.63, 3.8) is 0 Å². The Bertz CT molecular complexity index is 1590. The van der Waals surface area contributed by atoms with Crippen molar-refractivity contribution in [2.24, 2.45) is 0 Å². The van der Waals surface area contributed by atoms with Crippen molar-refractivity contribution in [1.29, 1.82) is 5.26 Å². The fourth-order valence-corrected chi connectivity index (χ4v) is 4.98. The minimum Gasteiger partial charge on any atom is -0.472 e. The first-order valence-electron chi connectivity index (χ1n) is 12.7. The molecule has 4 heterocycles. The molecule has 1 N–H and O–H groups in total. The van der Waals surface area contributed by atoms with Gasteiger partial charge in [-0.3, -0.25) is 4.68 Å². The summed E-state index contributed by atoms with van der Waals surface area (Å²) in [6, 6.07) is 13.8. The third-order valence-corrected chi connectivity index (χ3v) is 7.02. The second-order valence-electron chi connectivity index (χ2n) is 9.66. The standard InChI is InChI=1S/C28H26N8O3/c1-19-13-26(35-39-19)38-23-5-8-28(9-6-23,10-11-29)36-17-21(15-32-36)24-7-12-31-27(34-24)33-22-4-2-3-20(14-22)25-16-30-18-37-25/h2-4,7,12-18,23H,5-6,8-10H2,1H3,(H,31,33,34). The van der Waals surface area contributed by atoms with E-state index in [9.17, 15) is 5.26 Å². The molecule has 0 saturated heterocycles. The number of nitrogens with one attached hydrogen (secondary N) is 1. The first kappa shape index (κ1) is 24.4. The van der Waals surface area contributed by atoms with Crippen LogP contribution in [0.2, 0.25) is 0 Å². The van der Waals surface area contributed by atoms with Crippen LogP contribution >= 0.6 is 0 Å². The largest absolute Gasteiger partial charge is 0.472 e. The zero-order valence-electron chi connectivity index (χ0n) is 21.3. The van der Waals surface area contributed by atoms with E-state index >= 15 is 0 Å². The van der Waals surface area contributed by atoms with Crippen molar-refractivity contribution in [3.05, 3.63) is 73.3 Å². The molecule has 0 atom stereocenters. The Morgan fingerprint density at radius 1 is 1.18 bits per heavy atom. The molecule has 0 spiro atoms. The van der Waals surface area contributed by atoms with Crippen molar-refractivity contribution in [2.45, 2.75) is 50.7 Å². The van der Waals surface area contributed by atoms with Crippen molar-refractivity contribution >= 4 is 11.6 Å². The van der Waals surface area contributed by atoms with Gasteiger partial charge in [0.25, 0.3) is 5.88 Å². The van der Waals surface area contributed by atoms with Crippen LogP contribution in [0.4, 0.5) is 11.6 Å². The lowest BCUT2D eigenvalue weighted by molar-refractivity contribution is 0.0733. The van der Waals surface area contributed by atoms with Crippen LogP contribution < -0.4 is 10.1 Å². The number of aromatic nitrogens is 6. The highest BCUT2D eigenvalue weighted by Gasteiger charge is 2.38. The van der Waals surface area contributed by atoms with Gasteiger partial charge in [-0.2, -0.15) is 10.4 Å². The van der Waals surface area contributed by atoms with E-state index in [1.54, 1.807) is 24.7 Å². The molecule has 11 heteroatoms. The molecule has 0 aliphatic heterocycles. The molecule has 5 aromatic rings. The maximum atomic E-state index is 9.65. The van der Waals surface area contributed by atoms with Gasteiger partial charge in [0.1, 0.15) is 11.9 Å². The topological polar surface area (TPSA) is 141 Å². The molecule has 0 unspecified atom stereocenters. The van der Waals surface area contributed by atoms with E-state index in [1.165, 1.54) is 6.39 Å². The second-order valence-corrected chi connectivity index (χ2v) is 9.66. The normalized spacial score (nSPS) is 18.9. The van der Waals surface area contributed by atoms with Gasteiger partial charge in [-0.15, -0.1) is 0 Å². The first-order chi connectivity index (χ1) is 19.1. The number of nitriles is 1. The number of rotatable bonds is 8. The van der Waals surface area contributed by atoms with Crippen LogP contribution in [0.15, 0.2) is 76.5 Å². The Kier molecular flexibility index (Phi) is 6.50. The highest BCUT2D eigenvalue weighted by atomic mass is 16.5. The van der Waals surface area contributed by atoms with Gasteiger partial charge in [0.2, 0.25) is 5.95 Å². The van der Waals surface area contributed by atoms with Gasteiger partial charge in [0, 0.05) is 35.3 Å². The number of ether oxygens (including phenoxy) is 1. The summed E-state index contributed by atoms with van der Waals surface area (Å²) in [6.07, 6.45) is 12.0. The van der Waals surface area contributed by atoms with Crippen molar-refractivity contribution < 1.29 is 13.7 Å². The van der Waals surface area contributed by atoms with Gasteiger partial charge in [0.15, 0.2) is 12.2 Å². The number of anilines is 2. The van der Waals surface area contributed by atoms with Crippen LogP contribution in [0, 0.1) is 18.3 Å². The van der Waals surface area contributed by atoms with Crippen LogP contribution in [0.25, 0.3) is 22.6 Å². The van der Waals surface area contributed by atoms with E-state index in [2.05, 4.69) is 31.6 Å². The molecular weight excluding hydrogens is 496 g/mol. The predicted molar refractivity (Wildman–Crippen MR) is 141 cm³/mol. The highest BCUT2D eigenvalue weighted by Crippen LogP contribution is 2.39. The summed E-state index contributed by atoms with van der Waals surface area (Å²) in [4.78, 5) is 13.1. The number of oxazole rings is 1. The Morgan fingerprint density at radius 3 is 2.85 bits per heavy atom. The molecule has 11 nitrogen and oxygen atoms in total. The van der Waals surface area contributed by atoms with Gasteiger partial charge >= 0.3 is 0 Å². The molecule has 1 fully saturated rings. The van der Waals surface area contributed by atoms with E-state index in [0.717, 1.165) is 48.2 Å². The quantitative estimate of drug-likeness (QED) is 0.271. The number of nitrogens with zero attached hydrogens (tertiary/aromatic N) is 7. The van der Waals surface area contributed by atoms with Crippen LogP contribution in [0.1, 0.15) is 37.9 Å². The summed E-state index contributed by atoms with van der Waals surface area (Å²) in [5, 5.41) is 21.5. The van der Waals surface area contributed by atoms with Gasteiger partial charge in [-0.05, 0) is 56.0 Å². The lowest BCUT2D eigenvalue weighted by Gasteiger charge is -2.38. The Labute approximate surface area is 224 Å². The summed E-state index contributed by atoms with van der Waals surface area (Å²) in [5.74, 6) is 2.36. The maximum Gasteiger partial charge on any atom is 0.254 e. The van der Waals surface area contributed by atoms with E-state index in [-0.39, 0.29) is 6.10 Å². The fraction of sp³-hybridized carbons (Fsp3) is 0.286. The number of hydrogen-bond donors (Lipinski definition) is 1. The second kappa shape index (κ2) is 10.4. The molecule has 1 aliphatic rings. The lowest BCUT2D eigenvalue weighted by Crippen LogP contribution is -2.40. The summed E-state index contributed by atoms with van der Waals surface area (Å²) < 4.78 is 18.4. The number of benzene rings is 1. The van der Waals surface area contributed by atoms with Crippen LogP contribution in [-0.2, 0) is 5.54 Å². The molecular formula is C28H26N8O3. The van der Waals surface area contributed by atoms with E-state index < -0.39 is 5.54 Å². The molecule has 0 radical (unpaired) electrons. The zero-order chi connectivity index (χ0) is 26.7. The monoisotopic (exact) mass is 522 g/mol. The third-order valence-electron chi connectivity index (χ3n) is 7.02. The summed E-state index contributed by atoms with van der Waals surface area (Å²) in [6.45, 7) is 1.84. The predicted octanol–water partition coefficient (Wildman–Crippen LogP) is 5.67. The van der Waals surface area contributed by atoms with Crippen molar-refractivity contribution in [2.75, 3.05) is 5.32 Å². The van der Waals surface area contributed by atoms with Gasteiger partial charge < -0.3 is 19.0 Å². The van der Waals surface area contributed by atoms with E-state index in [1.807, 2.05) is 48.1 Å². The van der Waals surface area contributed by atoms with Crippen molar-refractivity contribution in [1.82, 2.24) is 29.9 Å². The minimum atomic E-state index is -0.401. The summed E-state index contributed by atoms with van der Waals surface area (Å²) >= 11 is 0. The molecule has 6 rings (SSSR count). The summed E-state index contributed by atoms with van der Waals surface area (Å²) in [7, 11) is 0. The number of aryl methyl sites for hydroxylation is 1. The molecule has 1 aliphatic carbocycles. The first-order valence-corrected chi connectivity index (χ1v) is 12.7. The number of hydrogen-bond acceptors (Lipinski definition) is 10. The molecule has 0 bridgehead atoms. The smallest absolute Gasteiger partial charge is 0.254 e. The maximum absolute atomic E-state index is 9.65. The molecule has 1 aromatic carbocycles. The Morgan fingerprint density at radius 2 is 2.08 bits per heavy atom. The molecule has 39 heavy (non-hydrogen) atoms. The van der Waals surface area contributed by atoms with E-state index in [4.69, 9.17) is 18.7 Å². The van der Waals surface area contributed by atoms with Gasteiger partial charge in [-0.25, -0.2) is 15.0 Å². The SMILES string of the molecule is Cc1cc(OC2CCC(CC#N)(n3cc(-c4ccnc(Nc5cccc(-c6cnco6)c5)n4)cn3)CC2)no1. The molecule has 1 saturated carbocycles. The average molecular weight is 523 g/mol. The van der Waals surface area contributed by atoms with Crippen LogP contribution in [0.3, 0.4) is 0 Å². The van der Waals surface area contributed by atoms with Gasteiger partial charge in [-0.1, -0.05) is 12.1 Å². The zero-order valence-corrected chi connectivity index (χ0v) is 21.3. The Hall–Kier alpha value is -4.98. The highest BCUT2D eigenvalue weighted by molar-refractivity contribution is 5.66. The average Bonchev–Trinajstić information content (AvgIpc) is 3.74. The fourth-order valence-electron chi connectivity index (χ4n) is 4.98. The lowest BCUT2D eigenvalue weighted by atomic mass is 9.78. The molecule has 4 aromatic heterocycles. The molecule has 0 amide bonds. The molecule has 196 valence electrons. The Balaban J connectivity index is 1.17. The summed E-state index contributed by atoms with van der Waals surface area (Å²) in [5.41, 5.74) is 2.90. The minimum absolute atomic E-state index is 0.0226. The van der Waals surface area contributed by atoms with Crippen LogP contribution in [-0.4, -0.2) is 36.0 Å². The van der Waals surface area contributed by atoms with Gasteiger partial charge in [0.05, 0.1) is 36.1 Å². The third kappa shape index (κ3) is 5.22.